The minimum Gasteiger partial charge on any atom is -0.308 e. The highest BCUT2D eigenvalue weighted by Crippen LogP contribution is 2.42. The number of hydrogen-bond donors (Lipinski definition) is 0. The van der Waals surface area contributed by atoms with Crippen LogP contribution < -0.4 is 0 Å². The van der Waals surface area contributed by atoms with Gasteiger partial charge in [-0.15, -0.1) is 11.3 Å². The summed E-state index contributed by atoms with van der Waals surface area (Å²) in [5, 5.41) is 16.8. The van der Waals surface area contributed by atoms with Crippen LogP contribution in [0.3, 0.4) is 0 Å². The normalized spacial score (nSPS) is 11.8. The van der Waals surface area contributed by atoms with E-state index in [0.29, 0.717) is 5.56 Å². The molecule has 0 aliphatic heterocycles. The molecule has 0 spiro atoms. The van der Waals surface area contributed by atoms with Crippen molar-refractivity contribution in [1.29, 1.82) is 5.26 Å². The summed E-state index contributed by atoms with van der Waals surface area (Å²) in [6.45, 7) is 8.54. The number of nitriles is 1. The van der Waals surface area contributed by atoms with Crippen molar-refractivity contribution in [2.75, 3.05) is 0 Å². The van der Waals surface area contributed by atoms with Crippen molar-refractivity contribution in [1.82, 2.24) is 14.1 Å². The van der Waals surface area contributed by atoms with Crippen LogP contribution in [0.2, 0.25) is 0 Å². The van der Waals surface area contributed by atoms with E-state index in [0.717, 1.165) is 54.2 Å². The molecule has 47 heavy (non-hydrogen) atoms. The number of aromatic nitrogens is 3. The van der Waals surface area contributed by atoms with E-state index in [2.05, 4.69) is 146 Å². The van der Waals surface area contributed by atoms with E-state index in [4.69, 9.17) is 4.98 Å². The van der Waals surface area contributed by atoms with Crippen molar-refractivity contribution in [3.63, 3.8) is 0 Å². The van der Waals surface area contributed by atoms with Crippen LogP contribution in [0.5, 0.6) is 0 Å². The Hall–Kier alpha value is -5.70. The van der Waals surface area contributed by atoms with Crippen LogP contribution in [0.4, 0.5) is 0 Å². The highest BCUT2D eigenvalue weighted by atomic mass is 32.1. The van der Waals surface area contributed by atoms with Crippen LogP contribution in [0.25, 0.3) is 75.8 Å². The van der Waals surface area contributed by atoms with Gasteiger partial charge in [-0.1, -0.05) is 58.7 Å². The lowest BCUT2D eigenvalue weighted by Crippen LogP contribution is -2.05. The SMILES string of the molecule is Cc1ccc2c(c1)c1cc(C)ccc1n2-c1cc(-c2nc3ccccc3s2)cc(-n2c3ccc(C)cc3c3cc(C)ccc32)c1C#N. The Morgan fingerprint density at radius 3 is 1.38 bits per heavy atom. The summed E-state index contributed by atoms with van der Waals surface area (Å²) in [5.41, 5.74) is 13.4. The van der Waals surface area contributed by atoms with Crippen LogP contribution in [-0.2, 0) is 0 Å². The fourth-order valence-corrected chi connectivity index (χ4v) is 8.17. The summed E-state index contributed by atoms with van der Waals surface area (Å²) < 4.78 is 5.70. The molecule has 0 bridgehead atoms. The zero-order valence-electron chi connectivity index (χ0n) is 26.6. The van der Waals surface area contributed by atoms with Crippen molar-refractivity contribution in [3.8, 4) is 28.0 Å². The molecule has 3 aromatic heterocycles. The molecule has 4 nitrogen and oxygen atoms in total. The van der Waals surface area contributed by atoms with Gasteiger partial charge in [0.15, 0.2) is 0 Å². The molecule has 5 heteroatoms. The fraction of sp³-hybridized carbons (Fsp3) is 0.0952. The van der Waals surface area contributed by atoms with E-state index in [9.17, 15) is 5.26 Å². The van der Waals surface area contributed by atoms with Gasteiger partial charge in [0.25, 0.3) is 0 Å². The van der Waals surface area contributed by atoms with Gasteiger partial charge >= 0.3 is 0 Å². The molecule has 0 amide bonds. The Bertz CT molecular complexity index is 2500. The lowest BCUT2D eigenvalue weighted by molar-refractivity contribution is 1.12. The van der Waals surface area contributed by atoms with Crippen molar-refractivity contribution in [2.24, 2.45) is 0 Å². The Morgan fingerprint density at radius 2 is 0.979 bits per heavy atom. The molecule has 0 N–H and O–H groups in total. The summed E-state index contributed by atoms with van der Waals surface area (Å²) in [7, 11) is 0. The summed E-state index contributed by atoms with van der Waals surface area (Å²) in [6.07, 6.45) is 0. The molecular weight excluding hydrogens is 593 g/mol. The maximum absolute atomic E-state index is 11.1. The quantitative estimate of drug-likeness (QED) is 0.197. The molecule has 0 saturated carbocycles. The second-order valence-electron chi connectivity index (χ2n) is 12.7. The third-order valence-electron chi connectivity index (χ3n) is 9.38. The number of hydrogen-bond acceptors (Lipinski definition) is 3. The van der Waals surface area contributed by atoms with Crippen LogP contribution in [-0.4, -0.2) is 14.1 Å². The van der Waals surface area contributed by atoms with Crippen LogP contribution in [0.1, 0.15) is 27.8 Å². The lowest BCUT2D eigenvalue weighted by Gasteiger charge is -2.18. The first-order chi connectivity index (χ1) is 22.9. The first-order valence-corrected chi connectivity index (χ1v) is 16.7. The second-order valence-corrected chi connectivity index (χ2v) is 13.8. The molecule has 9 rings (SSSR count). The molecule has 6 aromatic carbocycles. The predicted molar refractivity (Wildman–Crippen MR) is 197 cm³/mol. The first kappa shape index (κ1) is 27.6. The first-order valence-electron chi connectivity index (χ1n) is 15.9. The Balaban J connectivity index is 1.47. The molecule has 0 unspecified atom stereocenters. The average Bonchev–Trinajstić information content (AvgIpc) is 3.74. The minimum atomic E-state index is 0.620. The monoisotopic (exact) mass is 622 g/mol. The molecule has 3 heterocycles. The summed E-state index contributed by atoms with van der Waals surface area (Å²) in [6, 6.07) is 41.7. The van der Waals surface area contributed by atoms with Gasteiger partial charge in [0.1, 0.15) is 16.6 Å². The largest absolute Gasteiger partial charge is 0.308 e. The topological polar surface area (TPSA) is 46.5 Å². The molecule has 0 atom stereocenters. The standard InChI is InChI=1S/C42H30N4S/c1-24-9-13-35-29(17-24)30-18-25(2)10-14-36(30)45(35)39-21-28(42-44-34-7-5-6-8-41(34)47-42)22-40(33(39)23-43)46-37-15-11-26(3)19-31(37)32-20-27(4)12-16-38(32)46/h5-22H,1-4H3. The molecule has 0 aliphatic carbocycles. The van der Waals surface area contributed by atoms with Gasteiger partial charge < -0.3 is 9.13 Å². The molecule has 0 aliphatic rings. The second kappa shape index (κ2) is 10.2. The van der Waals surface area contributed by atoms with Crippen LogP contribution in [0.15, 0.2) is 109 Å². The van der Waals surface area contributed by atoms with Crippen molar-refractivity contribution < 1.29 is 0 Å². The van der Waals surface area contributed by atoms with E-state index in [1.165, 1.54) is 43.8 Å². The van der Waals surface area contributed by atoms with Crippen molar-refractivity contribution in [2.45, 2.75) is 27.7 Å². The van der Waals surface area contributed by atoms with Gasteiger partial charge in [-0.3, -0.25) is 0 Å². The predicted octanol–water partition coefficient (Wildman–Crippen LogP) is 11.3. The summed E-state index contributed by atoms with van der Waals surface area (Å²) >= 11 is 1.69. The van der Waals surface area contributed by atoms with Crippen molar-refractivity contribution in [3.05, 3.63) is 137 Å². The third kappa shape index (κ3) is 4.15. The lowest BCUT2D eigenvalue weighted by atomic mass is 10.1. The fourth-order valence-electron chi connectivity index (χ4n) is 7.22. The molecule has 0 radical (unpaired) electrons. The van der Waals surface area contributed by atoms with Gasteiger partial charge in [0.05, 0.1) is 43.7 Å². The number of fused-ring (bicyclic) bond motifs is 7. The van der Waals surface area contributed by atoms with E-state index in [1.807, 2.05) is 6.07 Å². The van der Waals surface area contributed by atoms with Gasteiger partial charge in [0.2, 0.25) is 0 Å². The Kier molecular flexibility index (Phi) is 5.96. The van der Waals surface area contributed by atoms with Gasteiger partial charge in [-0.25, -0.2) is 4.98 Å². The maximum atomic E-state index is 11.1. The van der Waals surface area contributed by atoms with E-state index in [1.54, 1.807) is 11.3 Å². The Morgan fingerprint density at radius 1 is 0.553 bits per heavy atom. The third-order valence-corrected chi connectivity index (χ3v) is 10.5. The maximum Gasteiger partial charge on any atom is 0.124 e. The number of aryl methyl sites for hydroxylation is 4. The van der Waals surface area contributed by atoms with E-state index in [-0.39, 0.29) is 0 Å². The number of rotatable bonds is 3. The number of thiazole rings is 1. The molecule has 0 saturated heterocycles. The average molecular weight is 623 g/mol. The Labute approximate surface area is 276 Å². The molecule has 0 fully saturated rings. The number of nitrogens with zero attached hydrogens (tertiary/aromatic N) is 4. The molecule has 224 valence electrons. The van der Waals surface area contributed by atoms with E-state index >= 15 is 0 Å². The zero-order chi connectivity index (χ0) is 32.0. The van der Waals surface area contributed by atoms with Crippen LogP contribution in [0, 0.1) is 39.0 Å². The highest BCUT2D eigenvalue weighted by molar-refractivity contribution is 7.21. The van der Waals surface area contributed by atoms with Gasteiger partial charge in [-0.2, -0.15) is 5.26 Å². The van der Waals surface area contributed by atoms with Gasteiger partial charge in [-0.05, 0) is 100 Å². The van der Waals surface area contributed by atoms with Gasteiger partial charge in [0, 0.05) is 27.1 Å². The molecular formula is C42H30N4S. The summed E-state index contributed by atoms with van der Waals surface area (Å²) in [4.78, 5) is 5.10. The number of benzene rings is 6. The smallest absolute Gasteiger partial charge is 0.124 e. The van der Waals surface area contributed by atoms with Crippen LogP contribution >= 0.6 is 11.3 Å². The van der Waals surface area contributed by atoms with Crippen molar-refractivity contribution >= 4 is 65.2 Å². The number of para-hydroxylation sites is 1. The summed E-state index contributed by atoms with van der Waals surface area (Å²) in [5.74, 6) is 0. The minimum absolute atomic E-state index is 0.620. The molecule has 9 aromatic rings. The van der Waals surface area contributed by atoms with E-state index < -0.39 is 0 Å². The zero-order valence-corrected chi connectivity index (χ0v) is 27.4. The highest BCUT2D eigenvalue weighted by Gasteiger charge is 2.23.